The largest absolute Gasteiger partial charge is 0.497 e. The lowest BCUT2D eigenvalue weighted by molar-refractivity contribution is 0.247. The maximum Gasteiger partial charge on any atom is 0.319 e. The third-order valence-corrected chi connectivity index (χ3v) is 2.82. The predicted octanol–water partition coefficient (Wildman–Crippen LogP) is 3.17. The number of hydrogen-bond donors (Lipinski definition) is 2. The standard InChI is InChI=1S/C16H16F2N2O3/c1-22-14-3-2-4-15(10-14)23-6-5-19-16(21)20-13-8-11(17)7-12(18)9-13/h2-4,7-10H,5-6H2,1H3,(H2,19,20,21). The van der Waals surface area contributed by atoms with E-state index in [1.54, 1.807) is 31.4 Å². The van der Waals surface area contributed by atoms with E-state index in [2.05, 4.69) is 10.6 Å². The van der Waals surface area contributed by atoms with Crippen molar-refractivity contribution in [1.29, 1.82) is 0 Å². The van der Waals surface area contributed by atoms with Gasteiger partial charge in [-0.25, -0.2) is 13.6 Å². The smallest absolute Gasteiger partial charge is 0.319 e. The Balaban J connectivity index is 1.74. The van der Waals surface area contributed by atoms with E-state index in [-0.39, 0.29) is 18.8 Å². The summed E-state index contributed by atoms with van der Waals surface area (Å²) in [7, 11) is 1.56. The number of halogens is 2. The summed E-state index contributed by atoms with van der Waals surface area (Å²) in [6.45, 7) is 0.457. The van der Waals surface area contributed by atoms with E-state index in [9.17, 15) is 13.6 Å². The molecule has 2 rings (SSSR count). The number of methoxy groups -OCH3 is 1. The van der Waals surface area contributed by atoms with Gasteiger partial charge in [-0.2, -0.15) is 0 Å². The highest BCUT2D eigenvalue weighted by atomic mass is 19.1. The monoisotopic (exact) mass is 322 g/mol. The summed E-state index contributed by atoms with van der Waals surface area (Å²) >= 11 is 0. The number of amides is 2. The molecule has 122 valence electrons. The number of urea groups is 1. The zero-order chi connectivity index (χ0) is 16.7. The molecule has 0 radical (unpaired) electrons. The van der Waals surface area contributed by atoms with Gasteiger partial charge in [-0.3, -0.25) is 0 Å². The molecule has 23 heavy (non-hydrogen) atoms. The van der Waals surface area contributed by atoms with Crippen molar-refractivity contribution >= 4 is 11.7 Å². The Morgan fingerprint density at radius 1 is 1.09 bits per heavy atom. The highest BCUT2D eigenvalue weighted by molar-refractivity contribution is 5.89. The topological polar surface area (TPSA) is 59.6 Å². The number of benzene rings is 2. The molecular formula is C16H16F2N2O3. The Hall–Kier alpha value is -2.83. The van der Waals surface area contributed by atoms with Crippen LogP contribution in [0.1, 0.15) is 0 Å². The van der Waals surface area contributed by atoms with E-state index < -0.39 is 17.7 Å². The van der Waals surface area contributed by atoms with Gasteiger partial charge >= 0.3 is 6.03 Å². The van der Waals surface area contributed by atoms with Gasteiger partial charge in [0.25, 0.3) is 0 Å². The lowest BCUT2D eigenvalue weighted by Crippen LogP contribution is -2.32. The van der Waals surface area contributed by atoms with Crippen molar-refractivity contribution in [3.8, 4) is 11.5 Å². The number of hydrogen-bond acceptors (Lipinski definition) is 3. The summed E-state index contributed by atoms with van der Waals surface area (Å²) in [6, 6.07) is 9.25. The van der Waals surface area contributed by atoms with Crippen LogP contribution in [0, 0.1) is 11.6 Å². The van der Waals surface area contributed by atoms with Gasteiger partial charge in [0.1, 0.15) is 29.7 Å². The molecule has 0 atom stereocenters. The van der Waals surface area contributed by atoms with Crippen LogP contribution in [0.5, 0.6) is 11.5 Å². The van der Waals surface area contributed by atoms with Crippen LogP contribution in [0.3, 0.4) is 0 Å². The second-order valence-electron chi connectivity index (χ2n) is 4.57. The van der Waals surface area contributed by atoms with Crippen LogP contribution in [0.25, 0.3) is 0 Å². The third kappa shape index (κ3) is 5.46. The number of carbonyl (C=O) groups is 1. The van der Waals surface area contributed by atoms with Gasteiger partial charge in [0.2, 0.25) is 0 Å². The second kappa shape index (κ2) is 7.98. The van der Waals surface area contributed by atoms with E-state index in [0.717, 1.165) is 18.2 Å². The van der Waals surface area contributed by atoms with Crippen molar-refractivity contribution in [2.45, 2.75) is 0 Å². The molecule has 2 amide bonds. The quantitative estimate of drug-likeness (QED) is 0.803. The van der Waals surface area contributed by atoms with Gasteiger partial charge in [-0.05, 0) is 24.3 Å². The molecular weight excluding hydrogens is 306 g/mol. The molecule has 0 unspecified atom stereocenters. The highest BCUT2D eigenvalue weighted by Gasteiger charge is 2.05. The van der Waals surface area contributed by atoms with Crippen LogP contribution in [0.2, 0.25) is 0 Å². The van der Waals surface area contributed by atoms with Crippen molar-refractivity contribution in [3.63, 3.8) is 0 Å². The summed E-state index contributed by atoms with van der Waals surface area (Å²) in [5, 5.41) is 4.85. The molecule has 0 saturated heterocycles. The molecule has 0 fully saturated rings. The first kappa shape index (κ1) is 16.5. The summed E-state index contributed by atoms with van der Waals surface area (Å²) in [5.41, 5.74) is 0.0358. The number of ether oxygens (including phenoxy) is 2. The Bertz CT molecular complexity index is 660. The van der Waals surface area contributed by atoms with Crippen LogP contribution >= 0.6 is 0 Å². The average molecular weight is 322 g/mol. The average Bonchev–Trinajstić information content (AvgIpc) is 2.51. The molecule has 0 aliphatic carbocycles. The SMILES string of the molecule is COc1cccc(OCCNC(=O)Nc2cc(F)cc(F)c2)c1. The van der Waals surface area contributed by atoms with Crippen molar-refractivity contribution < 1.29 is 23.0 Å². The number of anilines is 1. The minimum absolute atomic E-state index is 0.0358. The Morgan fingerprint density at radius 3 is 2.48 bits per heavy atom. The molecule has 0 spiro atoms. The first-order valence-corrected chi connectivity index (χ1v) is 6.84. The fourth-order valence-corrected chi connectivity index (χ4v) is 1.83. The first-order chi connectivity index (χ1) is 11.1. The first-order valence-electron chi connectivity index (χ1n) is 6.84. The number of rotatable bonds is 6. The minimum atomic E-state index is -0.762. The molecule has 2 aromatic carbocycles. The minimum Gasteiger partial charge on any atom is -0.497 e. The lowest BCUT2D eigenvalue weighted by Gasteiger charge is -2.10. The van der Waals surface area contributed by atoms with Gasteiger partial charge in [0.15, 0.2) is 0 Å². The van der Waals surface area contributed by atoms with Crippen molar-refractivity contribution in [1.82, 2.24) is 5.32 Å². The molecule has 7 heteroatoms. The second-order valence-corrected chi connectivity index (χ2v) is 4.57. The highest BCUT2D eigenvalue weighted by Crippen LogP contribution is 2.18. The number of nitrogens with one attached hydrogen (secondary N) is 2. The normalized spacial score (nSPS) is 10.0. The zero-order valence-corrected chi connectivity index (χ0v) is 12.4. The lowest BCUT2D eigenvalue weighted by atomic mass is 10.3. The summed E-state index contributed by atoms with van der Waals surface area (Å²) in [6.07, 6.45) is 0. The molecule has 0 heterocycles. The molecule has 0 saturated carbocycles. The van der Waals surface area contributed by atoms with Crippen LogP contribution in [0.15, 0.2) is 42.5 Å². The number of carbonyl (C=O) groups excluding carboxylic acids is 1. The molecule has 0 aliphatic rings. The third-order valence-electron chi connectivity index (χ3n) is 2.82. The van der Waals surface area contributed by atoms with Crippen molar-refractivity contribution in [2.24, 2.45) is 0 Å². The zero-order valence-electron chi connectivity index (χ0n) is 12.4. The predicted molar refractivity (Wildman–Crippen MR) is 81.9 cm³/mol. The Kier molecular flexibility index (Phi) is 5.74. The molecule has 0 aliphatic heterocycles. The summed E-state index contributed by atoms with van der Waals surface area (Å²) in [4.78, 5) is 11.6. The molecule has 0 bridgehead atoms. The van der Waals surface area contributed by atoms with Crippen LogP contribution in [-0.4, -0.2) is 26.3 Å². The van der Waals surface area contributed by atoms with Crippen molar-refractivity contribution in [3.05, 3.63) is 54.1 Å². The molecule has 2 N–H and O–H groups in total. The Labute approximate surface area is 132 Å². The Morgan fingerprint density at radius 2 is 1.78 bits per heavy atom. The van der Waals surface area contributed by atoms with Gasteiger partial charge < -0.3 is 20.1 Å². The van der Waals surface area contributed by atoms with E-state index in [4.69, 9.17) is 9.47 Å². The van der Waals surface area contributed by atoms with E-state index in [1.165, 1.54) is 0 Å². The fraction of sp³-hybridized carbons (Fsp3) is 0.188. The summed E-state index contributed by atoms with van der Waals surface area (Å²) in [5.74, 6) is -0.247. The van der Waals surface area contributed by atoms with Gasteiger partial charge in [-0.1, -0.05) is 6.07 Å². The van der Waals surface area contributed by atoms with E-state index in [1.807, 2.05) is 0 Å². The van der Waals surface area contributed by atoms with Crippen LogP contribution < -0.4 is 20.1 Å². The fourth-order valence-electron chi connectivity index (χ4n) is 1.83. The van der Waals surface area contributed by atoms with Gasteiger partial charge in [0, 0.05) is 17.8 Å². The van der Waals surface area contributed by atoms with Crippen LogP contribution in [-0.2, 0) is 0 Å². The molecule has 5 nitrogen and oxygen atoms in total. The maximum absolute atomic E-state index is 13.0. The maximum atomic E-state index is 13.0. The van der Waals surface area contributed by atoms with Gasteiger partial charge in [-0.15, -0.1) is 0 Å². The van der Waals surface area contributed by atoms with Crippen LogP contribution in [0.4, 0.5) is 19.3 Å². The van der Waals surface area contributed by atoms with Crippen molar-refractivity contribution in [2.75, 3.05) is 25.6 Å². The van der Waals surface area contributed by atoms with Gasteiger partial charge in [0.05, 0.1) is 13.7 Å². The molecule has 0 aromatic heterocycles. The molecule has 2 aromatic rings. The summed E-state index contributed by atoms with van der Waals surface area (Å²) < 4.78 is 36.5. The van der Waals surface area contributed by atoms with E-state index in [0.29, 0.717) is 11.5 Å². The van der Waals surface area contributed by atoms with E-state index >= 15 is 0 Å².